The molecule has 0 atom stereocenters. The third-order valence-electron chi connectivity index (χ3n) is 4.16. The van der Waals surface area contributed by atoms with Crippen LogP contribution < -0.4 is 10.2 Å². The van der Waals surface area contributed by atoms with Crippen LogP contribution in [0.1, 0.15) is 5.69 Å². The summed E-state index contributed by atoms with van der Waals surface area (Å²) >= 11 is 7.65. The van der Waals surface area contributed by atoms with Crippen LogP contribution in [0.5, 0.6) is 0 Å². The fourth-order valence-corrected chi connectivity index (χ4v) is 3.92. The number of halogens is 1. The number of morpholine rings is 1. The van der Waals surface area contributed by atoms with Crippen molar-refractivity contribution in [1.29, 1.82) is 0 Å². The Morgan fingerprint density at radius 3 is 2.96 bits per heavy atom. The van der Waals surface area contributed by atoms with Crippen LogP contribution in [0.4, 0.5) is 11.4 Å². The van der Waals surface area contributed by atoms with E-state index in [0.29, 0.717) is 24.1 Å². The van der Waals surface area contributed by atoms with Gasteiger partial charge in [0, 0.05) is 30.7 Å². The van der Waals surface area contributed by atoms with Crippen molar-refractivity contribution in [2.75, 3.05) is 36.5 Å². The highest BCUT2D eigenvalue weighted by molar-refractivity contribution is 7.15. The molecular formula is C18H17ClN4O2S. The van der Waals surface area contributed by atoms with Crippen LogP contribution in [0, 0.1) is 0 Å². The Hall–Kier alpha value is -2.35. The van der Waals surface area contributed by atoms with E-state index in [0.717, 1.165) is 29.4 Å². The topological polar surface area (TPSA) is 58.9 Å². The Bertz CT molecular complexity index is 959. The fourth-order valence-electron chi connectivity index (χ4n) is 2.91. The summed E-state index contributed by atoms with van der Waals surface area (Å²) in [6, 6.07) is 7.79. The van der Waals surface area contributed by atoms with Gasteiger partial charge >= 0.3 is 0 Å². The molecule has 1 fully saturated rings. The molecule has 0 radical (unpaired) electrons. The molecule has 6 nitrogen and oxygen atoms in total. The van der Waals surface area contributed by atoms with Gasteiger partial charge < -0.3 is 15.0 Å². The van der Waals surface area contributed by atoms with Crippen molar-refractivity contribution in [3.63, 3.8) is 0 Å². The number of nitrogens with one attached hydrogen (secondary N) is 1. The predicted molar refractivity (Wildman–Crippen MR) is 105 cm³/mol. The van der Waals surface area contributed by atoms with Crippen molar-refractivity contribution >= 4 is 51.3 Å². The van der Waals surface area contributed by atoms with Gasteiger partial charge in [0.15, 0.2) is 10.1 Å². The van der Waals surface area contributed by atoms with E-state index in [1.807, 2.05) is 40.2 Å². The molecule has 1 aromatic carbocycles. The number of anilines is 2. The highest BCUT2D eigenvalue weighted by atomic mass is 35.5. The van der Waals surface area contributed by atoms with Crippen molar-refractivity contribution in [1.82, 2.24) is 9.38 Å². The third-order valence-corrected chi connectivity index (χ3v) is 5.20. The first kappa shape index (κ1) is 17.1. The van der Waals surface area contributed by atoms with Gasteiger partial charge in [-0.2, -0.15) is 0 Å². The van der Waals surface area contributed by atoms with Gasteiger partial charge in [-0.1, -0.05) is 23.7 Å². The van der Waals surface area contributed by atoms with Crippen LogP contribution in [0.3, 0.4) is 0 Å². The van der Waals surface area contributed by atoms with Gasteiger partial charge in [0.25, 0.3) is 0 Å². The lowest BCUT2D eigenvalue weighted by atomic mass is 10.2. The van der Waals surface area contributed by atoms with E-state index in [2.05, 4.69) is 15.2 Å². The smallest absolute Gasteiger partial charge is 0.248 e. The second kappa shape index (κ2) is 7.49. The maximum absolute atomic E-state index is 12.4. The second-order valence-electron chi connectivity index (χ2n) is 5.78. The summed E-state index contributed by atoms with van der Waals surface area (Å²) in [4.78, 5) is 19.7. The van der Waals surface area contributed by atoms with Crippen molar-refractivity contribution in [3.05, 3.63) is 52.8 Å². The van der Waals surface area contributed by atoms with Crippen molar-refractivity contribution < 1.29 is 9.53 Å². The lowest BCUT2D eigenvalue weighted by molar-refractivity contribution is -0.111. The Morgan fingerprint density at radius 2 is 2.12 bits per heavy atom. The molecule has 2 aromatic heterocycles. The molecule has 134 valence electrons. The molecule has 0 saturated carbocycles. The molecule has 1 saturated heterocycles. The summed E-state index contributed by atoms with van der Waals surface area (Å²) < 4.78 is 7.26. The fraction of sp³-hybridized carbons (Fsp3) is 0.222. The Labute approximate surface area is 159 Å². The first-order chi connectivity index (χ1) is 12.7. The summed E-state index contributed by atoms with van der Waals surface area (Å²) in [7, 11) is 0. The van der Waals surface area contributed by atoms with Crippen molar-refractivity contribution in [2.45, 2.75) is 0 Å². The Balaban J connectivity index is 1.52. The molecule has 26 heavy (non-hydrogen) atoms. The molecule has 1 aliphatic heterocycles. The number of ether oxygens (including phenoxy) is 1. The Morgan fingerprint density at radius 1 is 1.31 bits per heavy atom. The number of nitrogens with zero attached hydrogens (tertiary/aromatic N) is 3. The van der Waals surface area contributed by atoms with E-state index in [-0.39, 0.29) is 5.91 Å². The molecule has 0 bridgehead atoms. The zero-order valence-electron chi connectivity index (χ0n) is 13.9. The normalized spacial score (nSPS) is 15.0. The number of carbonyl (C=O) groups is 1. The second-order valence-corrected chi connectivity index (χ2v) is 7.01. The molecule has 0 spiro atoms. The standard InChI is InChI=1S/C18H17ClN4O2S/c19-17-15(23-9-12-26-18(23)21-17)5-6-16(24)20-13-3-1-2-4-14(13)22-7-10-25-11-8-22/h1-6,9,12H,7-8,10-11H2,(H,20,24)/b6-5-. The number of para-hydroxylation sites is 2. The van der Waals surface area contributed by atoms with Gasteiger partial charge in [0.1, 0.15) is 0 Å². The molecule has 1 N–H and O–H groups in total. The monoisotopic (exact) mass is 388 g/mol. The lowest BCUT2D eigenvalue weighted by Gasteiger charge is -2.30. The first-order valence-electron chi connectivity index (χ1n) is 8.24. The number of amides is 1. The largest absolute Gasteiger partial charge is 0.378 e. The summed E-state index contributed by atoms with van der Waals surface area (Å²) in [5.74, 6) is -0.216. The van der Waals surface area contributed by atoms with Crippen LogP contribution in [0.2, 0.25) is 5.15 Å². The minimum Gasteiger partial charge on any atom is -0.378 e. The number of thiazole rings is 1. The molecule has 4 rings (SSSR count). The highest BCUT2D eigenvalue weighted by Gasteiger charge is 2.15. The number of hydrogen-bond acceptors (Lipinski definition) is 5. The summed E-state index contributed by atoms with van der Waals surface area (Å²) in [5.41, 5.74) is 2.48. The number of benzene rings is 1. The van der Waals surface area contributed by atoms with Gasteiger partial charge in [0.2, 0.25) is 5.91 Å². The molecule has 0 aliphatic carbocycles. The van der Waals surface area contributed by atoms with Crippen LogP contribution in [-0.4, -0.2) is 41.6 Å². The quantitative estimate of drug-likeness (QED) is 0.694. The maximum atomic E-state index is 12.4. The molecule has 3 heterocycles. The summed E-state index contributed by atoms with van der Waals surface area (Å²) in [6.07, 6.45) is 5.04. The van der Waals surface area contributed by atoms with Crippen molar-refractivity contribution in [3.8, 4) is 0 Å². The van der Waals surface area contributed by atoms with Gasteiger partial charge in [-0.3, -0.25) is 9.20 Å². The predicted octanol–water partition coefficient (Wildman–Crippen LogP) is 3.54. The van der Waals surface area contributed by atoms with Gasteiger partial charge in [-0.05, 0) is 18.2 Å². The van der Waals surface area contributed by atoms with Crippen LogP contribution >= 0.6 is 22.9 Å². The zero-order chi connectivity index (χ0) is 17.9. The van der Waals surface area contributed by atoms with E-state index in [1.54, 1.807) is 6.08 Å². The molecule has 1 aliphatic rings. The number of rotatable bonds is 4. The average molecular weight is 389 g/mol. The van der Waals surface area contributed by atoms with Gasteiger partial charge in [0.05, 0.1) is 30.3 Å². The lowest BCUT2D eigenvalue weighted by Crippen LogP contribution is -2.36. The Kier molecular flexibility index (Phi) is 4.92. The maximum Gasteiger partial charge on any atom is 0.248 e. The number of aromatic nitrogens is 2. The third kappa shape index (κ3) is 3.46. The van der Waals surface area contributed by atoms with Crippen LogP contribution in [0.15, 0.2) is 41.9 Å². The van der Waals surface area contributed by atoms with E-state index >= 15 is 0 Å². The molecular weight excluding hydrogens is 372 g/mol. The average Bonchev–Trinajstić information content (AvgIpc) is 3.22. The number of imidazole rings is 1. The molecule has 1 amide bonds. The van der Waals surface area contributed by atoms with Crippen LogP contribution in [0.25, 0.3) is 11.0 Å². The number of hydrogen-bond donors (Lipinski definition) is 1. The van der Waals surface area contributed by atoms with Crippen LogP contribution in [-0.2, 0) is 9.53 Å². The zero-order valence-corrected chi connectivity index (χ0v) is 15.5. The van der Waals surface area contributed by atoms with Gasteiger partial charge in [-0.15, -0.1) is 11.3 Å². The molecule has 8 heteroatoms. The molecule has 3 aromatic rings. The molecule has 0 unspecified atom stereocenters. The minimum atomic E-state index is -0.216. The highest BCUT2D eigenvalue weighted by Crippen LogP contribution is 2.27. The van der Waals surface area contributed by atoms with E-state index in [1.165, 1.54) is 17.4 Å². The minimum absolute atomic E-state index is 0.216. The van der Waals surface area contributed by atoms with E-state index in [4.69, 9.17) is 16.3 Å². The first-order valence-corrected chi connectivity index (χ1v) is 9.50. The summed E-state index contributed by atoms with van der Waals surface area (Å²) in [6.45, 7) is 3.01. The van der Waals surface area contributed by atoms with Gasteiger partial charge in [-0.25, -0.2) is 4.98 Å². The van der Waals surface area contributed by atoms with Crippen molar-refractivity contribution in [2.24, 2.45) is 0 Å². The summed E-state index contributed by atoms with van der Waals surface area (Å²) in [5, 5.41) is 5.26. The van der Waals surface area contributed by atoms with E-state index < -0.39 is 0 Å². The van der Waals surface area contributed by atoms with E-state index in [9.17, 15) is 4.79 Å². The SMILES string of the molecule is O=C(/C=C\c1c(Cl)nc2sccn12)Nc1ccccc1N1CCOCC1. The number of carbonyl (C=O) groups excluding carboxylic acids is 1. The number of fused-ring (bicyclic) bond motifs is 1.